The van der Waals surface area contributed by atoms with E-state index in [1.807, 2.05) is 30.3 Å². The molecule has 154 valence electrons. The van der Waals surface area contributed by atoms with Crippen molar-refractivity contribution in [1.82, 2.24) is 14.5 Å². The molecule has 1 aromatic heterocycles. The minimum Gasteiger partial charge on any atom is -0.445 e. The molecule has 30 heavy (non-hydrogen) atoms. The molecule has 1 amide bonds. The lowest BCUT2D eigenvalue weighted by Gasteiger charge is -2.27. The molecular formula is C22H20ClN3O4. The Morgan fingerprint density at radius 3 is 2.60 bits per heavy atom. The number of H-pyrrole nitrogens is 1. The van der Waals surface area contributed by atoms with Gasteiger partial charge in [0.1, 0.15) is 6.61 Å². The van der Waals surface area contributed by atoms with Crippen LogP contribution in [0.5, 0.6) is 0 Å². The molecule has 2 heterocycles. The maximum Gasteiger partial charge on any atom is 0.410 e. The number of ether oxygens (including phenoxy) is 1. The summed E-state index contributed by atoms with van der Waals surface area (Å²) in [6.45, 7) is 0.719. The van der Waals surface area contributed by atoms with E-state index in [0.717, 1.165) is 15.7 Å². The zero-order valence-corrected chi connectivity index (χ0v) is 16.9. The van der Waals surface area contributed by atoms with Crippen molar-refractivity contribution in [3.05, 3.63) is 103 Å². The van der Waals surface area contributed by atoms with Crippen LogP contribution in [-0.4, -0.2) is 27.1 Å². The summed E-state index contributed by atoms with van der Waals surface area (Å²) in [5, 5.41) is 0.530. The first-order valence-corrected chi connectivity index (χ1v) is 9.94. The number of aromatic amines is 1. The number of benzene rings is 2. The molecule has 1 aliphatic rings. The molecule has 0 unspecified atom stereocenters. The van der Waals surface area contributed by atoms with Gasteiger partial charge in [-0.3, -0.25) is 9.36 Å². The van der Waals surface area contributed by atoms with Gasteiger partial charge in [0.25, 0.3) is 5.56 Å². The van der Waals surface area contributed by atoms with Crippen LogP contribution in [0.15, 0.2) is 64.2 Å². The van der Waals surface area contributed by atoms with Gasteiger partial charge in [0.05, 0.1) is 18.7 Å². The summed E-state index contributed by atoms with van der Waals surface area (Å²) in [6, 6.07) is 16.4. The van der Waals surface area contributed by atoms with Gasteiger partial charge in [0.15, 0.2) is 0 Å². The van der Waals surface area contributed by atoms with E-state index in [2.05, 4.69) is 4.98 Å². The van der Waals surface area contributed by atoms with Gasteiger partial charge >= 0.3 is 11.8 Å². The van der Waals surface area contributed by atoms with Crippen molar-refractivity contribution in [1.29, 1.82) is 0 Å². The fourth-order valence-corrected chi connectivity index (χ4v) is 3.69. The van der Waals surface area contributed by atoms with Crippen LogP contribution in [0.25, 0.3) is 0 Å². The number of rotatable bonds is 4. The topological polar surface area (TPSA) is 84.4 Å². The van der Waals surface area contributed by atoms with Crippen molar-refractivity contribution < 1.29 is 9.53 Å². The monoisotopic (exact) mass is 425 g/mol. The van der Waals surface area contributed by atoms with E-state index in [0.29, 0.717) is 29.2 Å². The van der Waals surface area contributed by atoms with Crippen LogP contribution in [0.1, 0.15) is 22.4 Å². The Morgan fingerprint density at radius 1 is 1.07 bits per heavy atom. The number of fused-ring (bicyclic) bond motifs is 1. The van der Waals surface area contributed by atoms with Crippen molar-refractivity contribution >= 4 is 17.7 Å². The standard InChI is InChI=1S/C22H20ClN3O4/c23-17-8-4-7-16(11-17)12-26-20(27)18-13-25(10-9-19(18)24-21(26)28)22(29)30-14-15-5-2-1-3-6-15/h1-8,11H,9-10,12-14H2,(H,24,28). The van der Waals surface area contributed by atoms with Gasteiger partial charge in [-0.25, -0.2) is 9.59 Å². The van der Waals surface area contributed by atoms with Crippen LogP contribution in [0, 0.1) is 0 Å². The second-order valence-electron chi connectivity index (χ2n) is 7.12. The Balaban J connectivity index is 1.53. The Bertz CT molecular complexity index is 1190. The van der Waals surface area contributed by atoms with Gasteiger partial charge in [-0.1, -0.05) is 54.1 Å². The fourth-order valence-electron chi connectivity index (χ4n) is 3.48. The predicted molar refractivity (Wildman–Crippen MR) is 113 cm³/mol. The van der Waals surface area contributed by atoms with Crippen LogP contribution in [0.3, 0.4) is 0 Å². The van der Waals surface area contributed by atoms with Crippen molar-refractivity contribution in [3.8, 4) is 0 Å². The highest BCUT2D eigenvalue weighted by Gasteiger charge is 2.26. The summed E-state index contributed by atoms with van der Waals surface area (Å²) in [7, 11) is 0. The van der Waals surface area contributed by atoms with E-state index in [-0.39, 0.29) is 19.7 Å². The van der Waals surface area contributed by atoms with Crippen LogP contribution >= 0.6 is 11.6 Å². The van der Waals surface area contributed by atoms with Crippen LogP contribution < -0.4 is 11.2 Å². The fraction of sp³-hybridized carbons (Fsp3) is 0.227. The van der Waals surface area contributed by atoms with Crippen molar-refractivity contribution in [2.45, 2.75) is 26.1 Å². The van der Waals surface area contributed by atoms with Crippen LogP contribution in [0.4, 0.5) is 4.79 Å². The van der Waals surface area contributed by atoms with Gasteiger partial charge in [0.2, 0.25) is 0 Å². The maximum atomic E-state index is 13.0. The Morgan fingerprint density at radius 2 is 1.83 bits per heavy atom. The third kappa shape index (κ3) is 4.31. The minimum atomic E-state index is -0.489. The molecule has 1 aliphatic heterocycles. The van der Waals surface area contributed by atoms with Crippen molar-refractivity contribution in [3.63, 3.8) is 0 Å². The molecule has 8 heteroatoms. The second-order valence-corrected chi connectivity index (χ2v) is 7.56. The van der Waals surface area contributed by atoms with E-state index in [4.69, 9.17) is 16.3 Å². The van der Waals surface area contributed by atoms with Crippen LogP contribution in [0.2, 0.25) is 5.02 Å². The van der Waals surface area contributed by atoms with Gasteiger partial charge in [-0.15, -0.1) is 0 Å². The Hall–Kier alpha value is -3.32. The molecule has 3 aromatic rings. The van der Waals surface area contributed by atoms with E-state index < -0.39 is 17.3 Å². The van der Waals surface area contributed by atoms with Crippen LogP contribution in [-0.2, 0) is 30.9 Å². The van der Waals surface area contributed by atoms with Gasteiger partial charge in [-0.05, 0) is 23.3 Å². The lowest BCUT2D eigenvalue weighted by atomic mass is 10.1. The molecule has 0 atom stereocenters. The highest BCUT2D eigenvalue weighted by molar-refractivity contribution is 6.30. The number of carbonyl (C=O) groups is 1. The number of hydrogen-bond acceptors (Lipinski definition) is 4. The second kappa shape index (κ2) is 8.59. The summed E-state index contributed by atoms with van der Waals surface area (Å²) >= 11 is 6.00. The summed E-state index contributed by atoms with van der Waals surface area (Å²) in [5.74, 6) is 0. The lowest BCUT2D eigenvalue weighted by Crippen LogP contribution is -2.45. The summed E-state index contributed by atoms with van der Waals surface area (Å²) in [5.41, 5.74) is 1.72. The Labute approximate surface area is 177 Å². The zero-order valence-electron chi connectivity index (χ0n) is 16.1. The predicted octanol–water partition coefficient (Wildman–Crippen LogP) is 2.93. The molecule has 0 spiro atoms. The molecule has 4 rings (SSSR count). The third-order valence-electron chi connectivity index (χ3n) is 5.04. The summed E-state index contributed by atoms with van der Waals surface area (Å²) < 4.78 is 6.51. The minimum absolute atomic E-state index is 0.0914. The van der Waals surface area contributed by atoms with Gasteiger partial charge in [-0.2, -0.15) is 0 Å². The molecule has 2 aromatic carbocycles. The number of nitrogens with one attached hydrogen (secondary N) is 1. The number of halogens is 1. The molecule has 0 radical (unpaired) electrons. The average molecular weight is 426 g/mol. The number of carbonyl (C=O) groups excluding carboxylic acids is 1. The SMILES string of the molecule is O=C(OCc1ccccc1)N1CCc2[nH]c(=O)n(Cc3cccc(Cl)c3)c(=O)c2C1. The Kier molecular flexibility index (Phi) is 5.72. The molecule has 0 saturated heterocycles. The van der Waals surface area contributed by atoms with E-state index >= 15 is 0 Å². The first-order chi connectivity index (χ1) is 14.5. The number of amides is 1. The van der Waals surface area contributed by atoms with Crippen molar-refractivity contribution in [2.24, 2.45) is 0 Å². The first kappa shape index (κ1) is 20.0. The lowest BCUT2D eigenvalue weighted by molar-refractivity contribution is 0.0912. The normalized spacial score (nSPS) is 13.0. The highest BCUT2D eigenvalue weighted by atomic mass is 35.5. The molecular weight excluding hydrogens is 406 g/mol. The molecule has 0 saturated carbocycles. The maximum absolute atomic E-state index is 13.0. The summed E-state index contributed by atoms with van der Waals surface area (Å²) in [4.78, 5) is 42.2. The molecule has 0 fully saturated rings. The molecule has 0 aliphatic carbocycles. The van der Waals surface area contributed by atoms with E-state index in [9.17, 15) is 14.4 Å². The van der Waals surface area contributed by atoms with Crippen molar-refractivity contribution in [2.75, 3.05) is 6.54 Å². The molecule has 1 N–H and O–H groups in total. The van der Waals surface area contributed by atoms with Gasteiger partial charge in [0, 0.05) is 23.7 Å². The summed E-state index contributed by atoms with van der Waals surface area (Å²) in [6.07, 6.45) is -0.102. The smallest absolute Gasteiger partial charge is 0.410 e. The zero-order chi connectivity index (χ0) is 21.1. The largest absolute Gasteiger partial charge is 0.445 e. The molecule has 0 bridgehead atoms. The average Bonchev–Trinajstić information content (AvgIpc) is 2.75. The number of nitrogens with zero attached hydrogens (tertiary/aromatic N) is 2. The highest BCUT2D eigenvalue weighted by Crippen LogP contribution is 2.15. The van der Waals surface area contributed by atoms with Gasteiger partial charge < -0.3 is 14.6 Å². The number of hydrogen-bond donors (Lipinski definition) is 1. The van der Waals surface area contributed by atoms with E-state index in [1.165, 1.54) is 4.90 Å². The first-order valence-electron chi connectivity index (χ1n) is 9.56. The molecule has 7 nitrogen and oxygen atoms in total. The third-order valence-corrected chi connectivity index (χ3v) is 5.28. The number of aromatic nitrogens is 2. The quantitative estimate of drug-likeness (QED) is 0.696. The van der Waals surface area contributed by atoms with E-state index in [1.54, 1.807) is 24.3 Å².